The van der Waals surface area contributed by atoms with Crippen molar-refractivity contribution in [3.8, 4) is 0 Å². The van der Waals surface area contributed by atoms with E-state index in [1.807, 2.05) is 6.07 Å². The van der Waals surface area contributed by atoms with Gasteiger partial charge in [0.15, 0.2) is 0 Å². The van der Waals surface area contributed by atoms with Gasteiger partial charge in [-0.15, -0.1) is 5.10 Å². The van der Waals surface area contributed by atoms with Crippen LogP contribution >= 0.6 is 35.0 Å². The molecule has 1 amide bonds. The number of aromatic nitrogens is 4. The quantitative estimate of drug-likeness (QED) is 0.681. The van der Waals surface area contributed by atoms with Crippen LogP contribution in [-0.2, 0) is 17.9 Å². The Hall–Kier alpha value is -1.31. The van der Waals surface area contributed by atoms with Crippen LogP contribution in [0.15, 0.2) is 23.4 Å². The minimum atomic E-state index is -0.00910. The summed E-state index contributed by atoms with van der Waals surface area (Å²) in [6.45, 7) is 5.37. The molecule has 0 aliphatic rings. The molecule has 0 radical (unpaired) electrons. The highest BCUT2D eigenvalue weighted by atomic mass is 35.5. The van der Waals surface area contributed by atoms with Crippen LogP contribution < -0.4 is 0 Å². The summed E-state index contributed by atoms with van der Waals surface area (Å²) in [4.78, 5) is 13.9. The van der Waals surface area contributed by atoms with Crippen molar-refractivity contribution in [2.75, 3.05) is 12.8 Å². The first kappa shape index (κ1) is 19.0. The van der Waals surface area contributed by atoms with Crippen molar-refractivity contribution in [2.24, 2.45) is 5.92 Å². The summed E-state index contributed by atoms with van der Waals surface area (Å²) in [5.41, 5.74) is 0.926. The van der Waals surface area contributed by atoms with Crippen molar-refractivity contribution in [2.45, 2.75) is 32.1 Å². The zero-order valence-electron chi connectivity index (χ0n) is 13.7. The van der Waals surface area contributed by atoms with E-state index in [1.165, 1.54) is 11.8 Å². The van der Waals surface area contributed by atoms with Gasteiger partial charge in [0.05, 0.1) is 15.8 Å². The number of tetrazole rings is 1. The number of thioether (sulfide) groups is 1. The van der Waals surface area contributed by atoms with Gasteiger partial charge in [-0.25, -0.2) is 4.68 Å². The standard InChI is InChI=1S/C15H19Cl2N5OS/c1-10(2)7-22-15(18-19-20-22)24-9-14(23)21(3)8-11-4-5-12(16)13(17)6-11/h4-6,10H,7-9H2,1-3H3. The Morgan fingerprint density at radius 3 is 2.75 bits per heavy atom. The van der Waals surface area contributed by atoms with E-state index >= 15 is 0 Å². The molecule has 6 nitrogen and oxygen atoms in total. The van der Waals surface area contributed by atoms with Crippen LogP contribution in [0.5, 0.6) is 0 Å². The highest BCUT2D eigenvalue weighted by Gasteiger charge is 2.14. The third-order valence-corrected chi connectivity index (χ3v) is 4.87. The third-order valence-electron chi connectivity index (χ3n) is 3.19. The number of carbonyl (C=O) groups is 1. The SMILES string of the molecule is CC(C)Cn1nnnc1SCC(=O)N(C)Cc1ccc(Cl)c(Cl)c1. The summed E-state index contributed by atoms with van der Waals surface area (Å²) >= 11 is 13.2. The number of rotatable bonds is 7. The van der Waals surface area contributed by atoms with Gasteiger partial charge in [0.25, 0.3) is 0 Å². The topological polar surface area (TPSA) is 63.9 Å². The molecule has 0 aliphatic heterocycles. The molecule has 0 atom stereocenters. The molecule has 130 valence electrons. The number of hydrogen-bond acceptors (Lipinski definition) is 5. The molecular weight excluding hydrogens is 369 g/mol. The molecule has 0 fully saturated rings. The summed E-state index contributed by atoms with van der Waals surface area (Å²) < 4.78 is 1.72. The second kappa shape index (κ2) is 8.69. The molecule has 2 aromatic rings. The lowest BCUT2D eigenvalue weighted by Gasteiger charge is -2.17. The Bertz CT molecular complexity index is 707. The van der Waals surface area contributed by atoms with Crippen LogP contribution in [0, 0.1) is 5.92 Å². The van der Waals surface area contributed by atoms with Crippen LogP contribution in [-0.4, -0.2) is 43.8 Å². The minimum absolute atomic E-state index is 0.00910. The van der Waals surface area contributed by atoms with Crippen LogP contribution in [0.1, 0.15) is 19.4 Å². The Labute approximate surface area is 155 Å². The molecule has 1 heterocycles. The average Bonchev–Trinajstić information content (AvgIpc) is 2.95. The van der Waals surface area contributed by atoms with Gasteiger partial charge in [-0.2, -0.15) is 0 Å². The smallest absolute Gasteiger partial charge is 0.233 e. The van der Waals surface area contributed by atoms with Gasteiger partial charge < -0.3 is 4.90 Å². The monoisotopic (exact) mass is 387 g/mol. The van der Waals surface area contributed by atoms with Gasteiger partial charge in [-0.1, -0.05) is 54.9 Å². The van der Waals surface area contributed by atoms with Crippen molar-refractivity contribution < 1.29 is 4.79 Å². The molecule has 0 N–H and O–H groups in total. The zero-order chi connectivity index (χ0) is 17.7. The van der Waals surface area contributed by atoms with Crippen LogP contribution in [0.4, 0.5) is 0 Å². The van der Waals surface area contributed by atoms with Gasteiger partial charge in [0.2, 0.25) is 11.1 Å². The van der Waals surface area contributed by atoms with E-state index in [0.717, 1.165) is 12.1 Å². The normalized spacial score (nSPS) is 11.1. The van der Waals surface area contributed by atoms with Crippen molar-refractivity contribution in [3.63, 3.8) is 0 Å². The molecule has 0 saturated heterocycles. The summed E-state index contributed by atoms with van der Waals surface area (Å²) in [5.74, 6) is 0.696. The highest BCUT2D eigenvalue weighted by molar-refractivity contribution is 7.99. The van der Waals surface area contributed by atoms with E-state index < -0.39 is 0 Å². The zero-order valence-corrected chi connectivity index (χ0v) is 16.1. The first-order valence-corrected chi connectivity index (χ1v) is 9.17. The van der Waals surface area contributed by atoms with E-state index in [4.69, 9.17) is 23.2 Å². The lowest BCUT2D eigenvalue weighted by molar-refractivity contribution is -0.127. The Morgan fingerprint density at radius 1 is 1.33 bits per heavy atom. The molecule has 0 bridgehead atoms. The molecule has 24 heavy (non-hydrogen) atoms. The molecule has 1 aromatic carbocycles. The van der Waals surface area contributed by atoms with Crippen LogP contribution in [0.25, 0.3) is 0 Å². The minimum Gasteiger partial charge on any atom is -0.341 e. The van der Waals surface area contributed by atoms with Crippen molar-refractivity contribution >= 4 is 40.9 Å². The lowest BCUT2D eigenvalue weighted by atomic mass is 10.2. The van der Waals surface area contributed by atoms with E-state index in [2.05, 4.69) is 29.4 Å². The molecule has 0 aliphatic carbocycles. The summed E-state index contributed by atoms with van der Waals surface area (Å²) in [5, 5.41) is 13.2. The molecule has 0 unspecified atom stereocenters. The Balaban J connectivity index is 1.90. The van der Waals surface area contributed by atoms with Gasteiger partial charge in [0.1, 0.15) is 0 Å². The van der Waals surface area contributed by atoms with Gasteiger partial charge in [-0.05, 0) is 34.0 Å². The second-order valence-corrected chi connectivity index (χ2v) is 7.58. The number of hydrogen-bond donors (Lipinski definition) is 0. The maximum atomic E-state index is 12.3. The second-order valence-electron chi connectivity index (χ2n) is 5.82. The number of benzene rings is 1. The highest BCUT2D eigenvalue weighted by Crippen LogP contribution is 2.23. The molecule has 0 saturated carbocycles. The summed E-state index contributed by atoms with van der Waals surface area (Å²) in [6.07, 6.45) is 0. The fourth-order valence-electron chi connectivity index (χ4n) is 2.00. The van der Waals surface area contributed by atoms with E-state index in [9.17, 15) is 4.79 Å². The van der Waals surface area contributed by atoms with Crippen LogP contribution in [0.3, 0.4) is 0 Å². The average molecular weight is 388 g/mol. The largest absolute Gasteiger partial charge is 0.341 e. The maximum Gasteiger partial charge on any atom is 0.233 e. The number of carbonyl (C=O) groups excluding carboxylic acids is 1. The van der Waals surface area contributed by atoms with Gasteiger partial charge in [-0.3, -0.25) is 4.79 Å². The molecule has 2 rings (SSSR count). The maximum absolute atomic E-state index is 12.3. The van der Waals surface area contributed by atoms with Crippen molar-refractivity contribution in [3.05, 3.63) is 33.8 Å². The first-order chi connectivity index (χ1) is 11.4. The van der Waals surface area contributed by atoms with Crippen LogP contribution in [0.2, 0.25) is 10.0 Å². The fraction of sp³-hybridized carbons (Fsp3) is 0.467. The first-order valence-electron chi connectivity index (χ1n) is 7.43. The molecule has 9 heteroatoms. The fourth-order valence-corrected chi connectivity index (χ4v) is 3.14. The predicted molar refractivity (Wildman–Crippen MR) is 96.3 cm³/mol. The predicted octanol–water partition coefficient (Wildman–Crippen LogP) is 3.39. The van der Waals surface area contributed by atoms with E-state index in [-0.39, 0.29) is 11.7 Å². The van der Waals surface area contributed by atoms with E-state index in [0.29, 0.717) is 27.7 Å². The Morgan fingerprint density at radius 2 is 2.08 bits per heavy atom. The molecule has 0 spiro atoms. The van der Waals surface area contributed by atoms with E-state index in [1.54, 1.807) is 28.8 Å². The van der Waals surface area contributed by atoms with Gasteiger partial charge in [0, 0.05) is 20.1 Å². The summed E-state index contributed by atoms with van der Waals surface area (Å²) in [7, 11) is 1.75. The number of halogens is 2. The summed E-state index contributed by atoms with van der Waals surface area (Å²) in [6, 6.07) is 5.35. The number of amides is 1. The van der Waals surface area contributed by atoms with Crippen molar-refractivity contribution in [1.29, 1.82) is 0 Å². The Kier molecular flexibility index (Phi) is 6.89. The molecular formula is C15H19Cl2N5OS. The van der Waals surface area contributed by atoms with Gasteiger partial charge >= 0.3 is 0 Å². The lowest BCUT2D eigenvalue weighted by Crippen LogP contribution is -2.28. The molecule has 1 aromatic heterocycles. The number of nitrogens with zero attached hydrogens (tertiary/aromatic N) is 5. The third kappa shape index (κ3) is 5.36. The van der Waals surface area contributed by atoms with Crippen molar-refractivity contribution in [1.82, 2.24) is 25.1 Å².